The first-order chi connectivity index (χ1) is 6.20. The molecule has 1 unspecified atom stereocenters. The summed E-state index contributed by atoms with van der Waals surface area (Å²) >= 11 is 0. The monoisotopic (exact) mass is 175 g/mol. The lowest BCUT2D eigenvalue weighted by Crippen LogP contribution is -2.09. The Labute approximate surface area is 80.3 Å². The second kappa shape index (κ2) is 4.83. The van der Waals surface area contributed by atoms with Gasteiger partial charge in [-0.15, -0.1) is 6.58 Å². The van der Waals surface area contributed by atoms with Crippen molar-refractivity contribution in [2.75, 3.05) is 0 Å². The second-order valence-electron chi connectivity index (χ2n) is 3.51. The quantitative estimate of drug-likeness (QED) is 0.699. The Hall–Kier alpha value is -1.08. The third kappa shape index (κ3) is 3.43. The molecule has 1 aromatic rings. The zero-order chi connectivity index (χ0) is 9.68. The molecule has 0 saturated carbocycles. The summed E-state index contributed by atoms with van der Waals surface area (Å²) in [4.78, 5) is 0. The Bertz CT molecular complexity index is 264. The lowest BCUT2D eigenvalue weighted by Gasteiger charge is -2.11. The van der Waals surface area contributed by atoms with E-state index in [9.17, 15) is 0 Å². The third-order valence-corrected chi connectivity index (χ3v) is 2.11. The van der Waals surface area contributed by atoms with E-state index >= 15 is 0 Å². The third-order valence-electron chi connectivity index (χ3n) is 2.11. The summed E-state index contributed by atoms with van der Waals surface area (Å²) < 4.78 is 0. The molecule has 1 nitrogen and oxygen atoms in total. The van der Waals surface area contributed by atoms with Gasteiger partial charge >= 0.3 is 0 Å². The summed E-state index contributed by atoms with van der Waals surface area (Å²) in [6.45, 7) is 5.90. The molecule has 0 aliphatic carbocycles. The largest absolute Gasteiger partial charge is 0.324 e. The topological polar surface area (TPSA) is 26.0 Å². The highest BCUT2D eigenvalue weighted by Gasteiger charge is 2.03. The summed E-state index contributed by atoms with van der Waals surface area (Å²) in [5, 5.41) is 0. The first kappa shape index (κ1) is 10.0. The van der Waals surface area contributed by atoms with E-state index in [-0.39, 0.29) is 6.04 Å². The molecule has 1 atom stereocenters. The van der Waals surface area contributed by atoms with Crippen molar-refractivity contribution in [3.8, 4) is 0 Å². The molecule has 0 heterocycles. The summed E-state index contributed by atoms with van der Waals surface area (Å²) in [5.41, 5.74) is 8.41. The van der Waals surface area contributed by atoms with Gasteiger partial charge in [0.1, 0.15) is 0 Å². The van der Waals surface area contributed by atoms with Crippen LogP contribution in [0.1, 0.15) is 31.4 Å². The molecular formula is C12H17N. The van der Waals surface area contributed by atoms with Crippen LogP contribution in [0.15, 0.2) is 42.5 Å². The molecule has 1 rings (SSSR count). The van der Waals surface area contributed by atoms with Crippen LogP contribution in [0.2, 0.25) is 0 Å². The summed E-state index contributed by atoms with van der Waals surface area (Å²) in [7, 11) is 0. The number of benzene rings is 1. The van der Waals surface area contributed by atoms with Crippen LogP contribution in [-0.2, 0) is 0 Å². The minimum atomic E-state index is 0.151. The van der Waals surface area contributed by atoms with Crippen LogP contribution in [0.4, 0.5) is 0 Å². The van der Waals surface area contributed by atoms with Gasteiger partial charge in [0.25, 0.3) is 0 Å². The molecule has 0 saturated heterocycles. The highest BCUT2D eigenvalue weighted by atomic mass is 14.6. The van der Waals surface area contributed by atoms with Gasteiger partial charge in [0.2, 0.25) is 0 Å². The zero-order valence-electron chi connectivity index (χ0n) is 8.16. The van der Waals surface area contributed by atoms with Crippen molar-refractivity contribution in [1.82, 2.24) is 0 Å². The van der Waals surface area contributed by atoms with E-state index in [4.69, 9.17) is 5.73 Å². The van der Waals surface area contributed by atoms with Crippen LogP contribution < -0.4 is 5.73 Å². The molecule has 13 heavy (non-hydrogen) atoms. The zero-order valence-corrected chi connectivity index (χ0v) is 8.16. The van der Waals surface area contributed by atoms with E-state index in [0.29, 0.717) is 0 Å². The Kier molecular flexibility index (Phi) is 3.71. The molecular weight excluding hydrogens is 158 g/mol. The SMILES string of the molecule is C=C(C)CCC(N)c1ccccc1. The van der Waals surface area contributed by atoms with Crippen molar-refractivity contribution in [2.45, 2.75) is 25.8 Å². The molecule has 0 aromatic heterocycles. The number of hydrogen-bond acceptors (Lipinski definition) is 1. The molecule has 1 heteroatoms. The van der Waals surface area contributed by atoms with E-state index < -0.39 is 0 Å². The standard InChI is InChI=1S/C12H17N/c1-10(2)8-9-12(13)11-6-4-3-5-7-11/h3-7,12H,1,8-9,13H2,2H3. The lowest BCUT2D eigenvalue weighted by molar-refractivity contribution is 0.649. The van der Waals surface area contributed by atoms with Gasteiger partial charge in [0.15, 0.2) is 0 Å². The molecule has 70 valence electrons. The van der Waals surface area contributed by atoms with Gasteiger partial charge in [0, 0.05) is 6.04 Å². The predicted octanol–water partition coefficient (Wildman–Crippen LogP) is 3.04. The molecule has 1 aromatic carbocycles. The van der Waals surface area contributed by atoms with Gasteiger partial charge in [-0.1, -0.05) is 35.9 Å². The van der Waals surface area contributed by atoms with Crippen LogP contribution >= 0.6 is 0 Å². The minimum Gasteiger partial charge on any atom is -0.324 e. The van der Waals surface area contributed by atoms with Crippen LogP contribution in [0, 0.1) is 0 Å². The molecule has 0 amide bonds. The molecule has 0 fully saturated rings. The predicted molar refractivity (Wildman–Crippen MR) is 57.4 cm³/mol. The average molecular weight is 175 g/mol. The van der Waals surface area contributed by atoms with Crippen molar-refractivity contribution >= 4 is 0 Å². The summed E-state index contributed by atoms with van der Waals surface area (Å²) in [6.07, 6.45) is 2.00. The normalized spacial score (nSPS) is 12.5. The fourth-order valence-corrected chi connectivity index (χ4v) is 1.27. The van der Waals surface area contributed by atoms with Crippen molar-refractivity contribution in [3.63, 3.8) is 0 Å². The maximum absolute atomic E-state index is 6.00. The highest BCUT2D eigenvalue weighted by molar-refractivity contribution is 5.18. The molecule has 0 aliphatic rings. The molecule has 0 bridgehead atoms. The van der Waals surface area contributed by atoms with Crippen molar-refractivity contribution in [2.24, 2.45) is 5.73 Å². The number of hydrogen-bond donors (Lipinski definition) is 1. The highest BCUT2D eigenvalue weighted by Crippen LogP contribution is 2.16. The van der Waals surface area contributed by atoms with Gasteiger partial charge in [0.05, 0.1) is 0 Å². The maximum Gasteiger partial charge on any atom is 0.0297 e. The van der Waals surface area contributed by atoms with Crippen LogP contribution in [-0.4, -0.2) is 0 Å². The Morgan fingerprint density at radius 3 is 2.54 bits per heavy atom. The number of rotatable bonds is 4. The van der Waals surface area contributed by atoms with Gasteiger partial charge in [-0.25, -0.2) is 0 Å². The molecule has 0 aliphatic heterocycles. The van der Waals surface area contributed by atoms with Gasteiger partial charge in [-0.2, -0.15) is 0 Å². The fourth-order valence-electron chi connectivity index (χ4n) is 1.27. The number of nitrogens with two attached hydrogens (primary N) is 1. The lowest BCUT2D eigenvalue weighted by atomic mass is 10.0. The van der Waals surface area contributed by atoms with Gasteiger partial charge < -0.3 is 5.73 Å². The average Bonchev–Trinajstić information content (AvgIpc) is 2.15. The second-order valence-corrected chi connectivity index (χ2v) is 3.51. The Morgan fingerprint density at radius 1 is 1.38 bits per heavy atom. The van der Waals surface area contributed by atoms with E-state index in [1.807, 2.05) is 25.1 Å². The summed E-state index contributed by atoms with van der Waals surface area (Å²) in [5.74, 6) is 0. The molecule has 2 N–H and O–H groups in total. The van der Waals surface area contributed by atoms with E-state index in [1.165, 1.54) is 11.1 Å². The van der Waals surface area contributed by atoms with Crippen LogP contribution in [0.25, 0.3) is 0 Å². The first-order valence-electron chi connectivity index (χ1n) is 4.65. The van der Waals surface area contributed by atoms with Gasteiger partial charge in [-0.05, 0) is 25.3 Å². The van der Waals surface area contributed by atoms with Crippen LogP contribution in [0.5, 0.6) is 0 Å². The van der Waals surface area contributed by atoms with Crippen molar-refractivity contribution < 1.29 is 0 Å². The molecule has 0 spiro atoms. The first-order valence-corrected chi connectivity index (χ1v) is 4.65. The van der Waals surface area contributed by atoms with Crippen LogP contribution in [0.3, 0.4) is 0 Å². The van der Waals surface area contributed by atoms with E-state index in [0.717, 1.165) is 12.8 Å². The Morgan fingerprint density at radius 2 is 2.00 bits per heavy atom. The minimum absolute atomic E-state index is 0.151. The van der Waals surface area contributed by atoms with Gasteiger partial charge in [-0.3, -0.25) is 0 Å². The number of allylic oxidation sites excluding steroid dienone is 1. The summed E-state index contributed by atoms with van der Waals surface area (Å²) in [6, 6.07) is 10.4. The maximum atomic E-state index is 6.00. The van der Waals surface area contributed by atoms with E-state index in [1.54, 1.807) is 0 Å². The van der Waals surface area contributed by atoms with Crippen molar-refractivity contribution in [1.29, 1.82) is 0 Å². The fraction of sp³-hybridized carbons (Fsp3) is 0.333. The smallest absolute Gasteiger partial charge is 0.0297 e. The molecule has 0 radical (unpaired) electrons. The van der Waals surface area contributed by atoms with E-state index in [2.05, 4.69) is 18.7 Å². The Balaban J connectivity index is 2.49. The van der Waals surface area contributed by atoms with Crippen molar-refractivity contribution in [3.05, 3.63) is 48.0 Å².